The van der Waals surface area contributed by atoms with Crippen LogP contribution < -0.4 is 0 Å². The van der Waals surface area contributed by atoms with Crippen LogP contribution in [0.3, 0.4) is 0 Å². The average molecular weight is 387 g/mol. The van der Waals surface area contributed by atoms with Crippen LogP contribution in [-0.2, 0) is 4.79 Å². The fraction of sp³-hybridized carbons (Fsp3) is 0.850. The van der Waals surface area contributed by atoms with Crippen molar-refractivity contribution in [2.45, 2.75) is 92.4 Å². The minimum absolute atomic E-state index is 0. The first kappa shape index (κ1) is 25.0. The molecule has 0 aromatic heterocycles. The Morgan fingerprint density at radius 1 is 0.870 bits per heavy atom. The summed E-state index contributed by atoms with van der Waals surface area (Å²) in [5.41, 5.74) is 0.985. The molecule has 138 valence electrons. The summed E-state index contributed by atoms with van der Waals surface area (Å²) in [6.45, 7) is 11.3. The summed E-state index contributed by atoms with van der Waals surface area (Å²) in [6.07, 6.45) is 12.7. The second kappa shape index (κ2) is 15.3. The van der Waals surface area contributed by atoms with Gasteiger partial charge in [0.1, 0.15) is 0 Å². The Bertz CT molecular complexity index is 324. The van der Waals surface area contributed by atoms with Gasteiger partial charge in [0.2, 0.25) is 0 Å². The third kappa shape index (κ3) is 17.9. The summed E-state index contributed by atoms with van der Waals surface area (Å²) in [4.78, 5) is 10.5. The van der Waals surface area contributed by atoms with Crippen LogP contribution in [0.5, 0.6) is 0 Å². The first-order chi connectivity index (χ1) is 10.3. The van der Waals surface area contributed by atoms with E-state index in [9.17, 15) is 4.79 Å². The van der Waals surface area contributed by atoms with Crippen molar-refractivity contribution in [1.82, 2.24) is 0 Å². The molecule has 23 heavy (non-hydrogen) atoms. The van der Waals surface area contributed by atoms with Gasteiger partial charge in [-0.2, -0.15) is 0 Å². The normalized spacial score (nSPS) is 14.4. The molecule has 0 aliphatic rings. The van der Waals surface area contributed by atoms with Crippen molar-refractivity contribution >= 4 is 23.6 Å². The van der Waals surface area contributed by atoms with E-state index < -0.39 is 5.97 Å². The van der Waals surface area contributed by atoms with Crippen molar-refractivity contribution in [2.24, 2.45) is 17.8 Å². The Morgan fingerprint density at radius 3 is 1.74 bits per heavy atom. The summed E-state index contributed by atoms with van der Waals surface area (Å²) in [6, 6.07) is 0. The van der Waals surface area contributed by atoms with Crippen molar-refractivity contribution in [3.63, 3.8) is 0 Å². The summed E-state index contributed by atoms with van der Waals surface area (Å²) < 4.78 is 0. The van der Waals surface area contributed by atoms with E-state index in [1.54, 1.807) is 0 Å². The molecule has 0 bridgehead atoms. The molecule has 3 heteroatoms. The summed E-state index contributed by atoms with van der Waals surface area (Å²) >= 11 is 0. The van der Waals surface area contributed by atoms with E-state index in [-0.39, 0.29) is 17.6 Å². The van der Waals surface area contributed by atoms with Crippen LogP contribution in [0.2, 0.25) is 0 Å². The maximum atomic E-state index is 10.5. The molecule has 0 saturated carbocycles. The first-order valence-corrected chi connectivity index (χ1v) is 9.21. The molecule has 0 saturated heterocycles. The van der Waals surface area contributed by atoms with Gasteiger partial charge in [-0.15, -0.1) is 0 Å². The maximum absolute atomic E-state index is 10.5. The molecule has 0 fully saturated rings. The molecule has 0 aliphatic heterocycles. The molecule has 0 rings (SSSR count). The fourth-order valence-electron chi connectivity index (χ4n) is 2.99. The van der Waals surface area contributed by atoms with Crippen LogP contribution >= 0.6 is 0 Å². The molecule has 0 heterocycles. The van der Waals surface area contributed by atoms with Crippen LogP contribution in [0.25, 0.3) is 0 Å². The summed E-state index contributed by atoms with van der Waals surface area (Å²) in [7, 11) is 0. The fourth-order valence-corrected chi connectivity index (χ4v) is 2.99. The van der Waals surface area contributed by atoms with Crippen molar-refractivity contribution in [3.8, 4) is 0 Å². The zero-order chi connectivity index (χ0) is 17.0. The van der Waals surface area contributed by atoms with Gasteiger partial charge in [0.05, 0.1) is 0 Å². The first-order valence-electron chi connectivity index (χ1n) is 9.21. The Balaban J connectivity index is 0. The number of hydrogen-bond acceptors (Lipinski definition) is 1. The Labute approximate surface area is 155 Å². The standard InChI is InChI=1S/C20H38O2.GeH4/c1-16(2)9-6-10-17(3)11-7-12-18(4)13-8-14-19(5)15-20(21)22;/h15-18H,6-14H2,1-5H3,(H,21,22);1H4/b19-15+;/t17-,18-;/m1./s1. The van der Waals surface area contributed by atoms with Gasteiger partial charge in [0, 0.05) is 6.08 Å². The predicted molar refractivity (Wildman–Crippen MR) is 107 cm³/mol. The van der Waals surface area contributed by atoms with E-state index in [1.165, 1.54) is 51.0 Å². The quantitative estimate of drug-likeness (QED) is 0.357. The number of rotatable bonds is 13. The number of aliphatic carboxylic acids is 1. The summed E-state index contributed by atoms with van der Waals surface area (Å²) in [5.74, 6) is 1.65. The van der Waals surface area contributed by atoms with E-state index >= 15 is 0 Å². The van der Waals surface area contributed by atoms with E-state index in [2.05, 4.69) is 27.7 Å². The van der Waals surface area contributed by atoms with Crippen LogP contribution in [0.1, 0.15) is 92.4 Å². The van der Waals surface area contributed by atoms with Gasteiger partial charge >= 0.3 is 23.6 Å². The van der Waals surface area contributed by atoms with E-state index in [0.717, 1.165) is 36.2 Å². The van der Waals surface area contributed by atoms with Gasteiger partial charge in [-0.05, 0) is 37.5 Å². The molecule has 0 amide bonds. The Morgan fingerprint density at radius 2 is 1.30 bits per heavy atom. The number of carbonyl (C=O) groups is 1. The monoisotopic (exact) mass is 388 g/mol. The third-order valence-corrected chi connectivity index (χ3v) is 4.51. The molecule has 0 spiro atoms. The van der Waals surface area contributed by atoms with Crippen LogP contribution in [0.4, 0.5) is 0 Å². The number of carboxylic acids is 1. The van der Waals surface area contributed by atoms with Crippen LogP contribution in [-0.4, -0.2) is 28.7 Å². The Hall–Kier alpha value is -0.247. The average Bonchev–Trinajstić information content (AvgIpc) is 2.37. The SMILES string of the molecule is C/C(=C\C(=O)O)CCC[C@H](C)CCC[C@H](C)CCCC(C)C.[GeH4]. The zero-order valence-electron chi connectivity index (χ0n) is 15.5. The molecule has 0 unspecified atom stereocenters. The molecule has 2 nitrogen and oxygen atoms in total. The van der Waals surface area contributed by atoms with Gasteiger partial charge in [-0.25, -0.2) is 4.79 Å². The van der Waals surface area contributed by atoms with E-state index in [1.807, 2.05) is 6.92 Å². The van der Waals surface area contributed by atoms with E-state index in [4.69, 9.17) is 5.11 Å². The summed E-state index contributed by atoms with van der Waals surface area (Å²) in [5, 5.41) is 8.68. The van der Waals surface area contributed by atoms with Crippen molar-refractivity contribution in [3.05, 3.63) is 11.6 Å². The second-order valence-electron chi connectivity index (χ2n) is 7.69. The van der Waals surface area contributed by atoms with Gasteiger partial charge in [-0.3, -0.25) is 0 Å². The van der Waals surface area contributed by atoms with Crippen LogP contribution in [0, 0.1) is 17.8 Å². The topological polar surface area (TPSA) is 37.3 Å². The molecule has 0 aromatic carbocycles. The van der Waals surface area contributed by atoms with Crippen molar-refractivity contribution in [2.75, 3.05) is 0 Å². The Kier molecular flexibility index (Phi) is 16.6. The third-order valence-electron chi connectivity index (χ3n) is 4.51. The molecule has 0 radical (unpaired) electrons. The number of allylic oxidation sites excluding steroid dienone is 1. The molecular formula is C20H42GeO2. The predicted octanol–water partition coefficient (Wildman–Crippen LogP) is 5.00. The molecule has 0 aliphatic carbocycles. The molecular weight excluding hydrogens is 345 g/mol. The van der Waals surface area contributed by atoms with Crippen molar-refractivity contribution < 1.29 is 9.90 Å². The number of hydrogen-bond donors (Lipinski definition) is 1. The van der Waals surface area contributed by atoms with Gasteiger partial charge < -0.3 is 5.11 Å². The molecule has 1 N–H and O–H groups in total. The number of carboxylic acid groups (broad SMARTS) is 1. The van der Waals surface area contributed by atoms with Gasteiger partial charge in [0.15, 0.2) is 0 Å². The van der Waals surface area contributed by atoms with Gasteiger partial charge in [-0.1, -0.05) is 78.2 Å². The minimum atomic E-state index is -0.822. The second-order valence-corrected chi connectivity index (χ2v) is 7.69. The molecule has 2 atom stereocenters. The van der Waals surface area contributed by atoms with E-state index in [0.29, 0.717) is 0 Å². The molecule has 0 aromatic rings. The van der Waals surface area contributed by atoms with Gasteiger partial charge in [0.25, 0.3) is 0 Å². The zero-order valence-corrected chi connectivity index (χ0v) is 15.5. The van der Waals surface area contributed by atoms with Crippen molar-refractivity contribution in [1.29, 1.82) is 0 Å². The van der Waals surface area contributed by atoms with Crippen LogP contribution in [0.15, 0.2) is 11.6 Å².